The molecule has 0 atom stereocenters. The largest absolute Gasteiger partial charge is 0.310 e. The molecule has 0 fully saturated rings. The Kier molecular flexibility index (Phi) is 7.35. The van der Waals surface area contributed by atoms with Gasteiger partial charge in [0.15, 0.2) is 0 Å². The maximum atomic E-state index is 4.58. The van der Waals surface area contributed by atoms with Gasteiger partial charge in [-0.05, 0) is 102 Å². The van der Waals surface area contributed by atoms with Gasteiger partial charge < -0.3 is 9.47 Å². The summed E-state index contributed by atoms with van der Waals surface area (Å²) in [6.45, 7) is 0. The lowest BCUT2D eigenvalue weighted by molar-refractivity contribution is 1.20. The lowest BCUT2D eigenvalue weighted by atomic mass is 9.96. The normalized spacial score (nSPS) is 11.6. The number of para-hydroxylation sites is 3. The van der Waals surface area contributed by atoms with Gasteiger partial charge in [-0.15, -0.1) is 11.3 Å². The van der Waals surface area contributed by atoms with E-state index >= 15 is 0 Å². The average molecular weight is 720 g/mol. The smallest absolute Gasteiger partial charge is 0.0703 e. The maximum absolute atomic E-state index is 4.58. The quantitative estimate of drug-likeness (QED) is 0.171. The van der Waals surface area contributed by atoms with Crippen molar-refractivity contribution in [3.8, 4) is 27.9 Å². The number of hydrogen-bond donors (Lipinski definition) is 0. The first-order valence-electron chi connectivity index (χ1n) is 18.6. The van der Waals surface area contributed by atoms with Crippen molar-refractivity contribution in [2.24, 2.45) is 0 Å². The predicted molar refractivity (Wildman–Crippen MR) is 235 cm³/mol. The van der Waals surface area contributed by atoms with E-state index in [-0.39, 0.29) is 0 Å². The fourth-order valence-corrected chi connectivity index (χ4v) is 9.47. The highest BCUT2D eigenvalue weighted by atomic mass is 32.1. The summed E-state index contributed by atoms with van der Waals surface area (Å²) in [7, 11) is 0. The summed E-state index contributed by atoms with van der Waals surface area (Å²) in [4.78, 5) is 6.94. The molecule has 3 aromatic heterocycles. The number of nitrogens with zero attached hydrogens (tertiary/aromatic N) is 3. The highest BCUT2D eigenvalue weighted by Gasteiger charge is 2.20. The Morgan fingerprint density at radius 2 is 1.20 bits per heavy atom. The summed E-state index contributed by atoms with van der Waals surface area (Å²) in [5.41, 5.74) is 12.6. The molecular weight excluding hydrogens is 687 g/mol. The van der Waals surface area contributed by atoms with Gasteiger partial charge in [0.25, 0.3) is 0 Å². The third-order valence-corrected chi connectivity index (χ3v) is 11.9. The Balaban J connectivity index is 1.06. The molecule has 8 aromatic carbocycles. The first kappa shape index (κ1) is 31.5. The molecule has 0 aliphatic heterocycles. The van der Waals surface area contributed by atoms with E-state index in [1.165, 1.54) is 58.8 Å². The molecule has 0 saturated carbocycles. The van der Waals surface area contributed by atoms with Crippen LogP contribution >= 0.6 is 11.3 Å². The van der Waals surface area contributed by atoms with Crippen molar-refractivity contribution >= 4 is 81.3 Å². The molecule has 3 nitrogen and oxygen atoms in total. The zero-order valence-corrected chi connectivity index (χ0v) is 30.6. The van der Waals surface area contributed by atoms with Gasteiger partial charge in [-0.2, -0.15) is 0 Å². The fraction of sp³-hybridized carbons (Fsp3) is 0. The third kappa shape index (κ3) is 5.22. The Morgan fingerprint density at radius 1 is 0.455 bits per heavy atom. The Bertz CT molecular complexity index is 3230. The lowest BCUT2D eigenvalue weighted by Gasteiger charge is -2.28. The van der Waals surface area contributed by atoms with Gasteiger partial charge in [0, 0.05) is 59.5 Å². The van der Waals surface area contributed by atoms with Crippen molar-refractivity contribution in [1.29, 1.82) is 0 Å². The second-order valence-electron chi connectivity index (χ2n) is 14.0. The maximum Gasteiger partial charge on any atom is 0.0703 e. The Hall–Kier alpha value is -7.01. The van der Waals surface area contributed by atoms with Crippen molar-refractivity contribution in [3.63, 3.8) is 0 Å². The van der Waals surface area contributed by atoms with Gasteiger partial charge in [-0.25, -0.2) is 0 Å². The molecule has 55 heavy (non-hydrogen) atoms. The van der Waals surface area contributed by atoms with Crippen LogP contribution in [0, 0.1) is 0 Å². The van der Waals surface area contributed by atoms with Gasteiger partial charge in [-0.3, -0.25) is 4.98 Å². The second-order valence-corrected chi connectivity index (χ2v) is 15.1. The molecule has 11 aromatic rings. The number of pyridine rings is 1. The van der Waals surface area contributed by atoms with E-state index in [2.05, 4.69) is 203 Å². The van der Waals surface area contributed by atoms with Crippen LogP contribution in [0.3, 0.4) is 0 Å². The lowest BCUT2D eigenvalue weighted by Crippen LogP contribution is -2.11. The van der Waals surface area contributed by atoms with Crippen molar-refractivity contribution in [1.82, 2.24) is 9.55 Å². The minimum absolute atomic E-state index is 0.984. The Labute approximate surface area is 322 Å². The molecule has 0 amide bonds. The first-order valence-corrected chi connectivity index (χ1v) is 19.4. The molecule has 0 aliphatic carbocycles. The molecule has 0 saturated heterocycles. The van der Waals surface area contributed by atoms with E-state index in [9.17, 15) is 0 Å². The standard InChI is InChI=1S/C51H33N3S/c1-2-16-38(17-3-1)53(39-27-28-44-37(32-39)15-12-30-52-44)45-21-7-4-18-40(45)36-14-10-13-34(31-36)35-26-29-47-43(33-35)41-19-5-8-22-46(41)54(47)48-23-11-25-50-51(48)42-20-6-9-24-49(42)55-50/h1-33H. The van der Waals surface area contributed by atoms with Crippen LogP contribution in [0.4, 0.5) is 17.1 Å². The van der Waals surface area contributed by atoms with Crippen LogP contribution in [0.1, 0.15) is 0 Å². The van der Waals surface area contributed by atoms with Gasteiger partial charge in [-0.1, -0.05) is 109 Å². The summed E-state index contributed by atoms with van der Waals surface area (Å²) in [5, 5.41) is 6.22. The zero-order chi connectivity index (χ0) is 36.3. The monoisotopic (exact) mass is 719 g/mol. The highest BCUT2D eigenvalue weighted by Crippen LogP contribution is 2.44. The molecule has 0 radical (unpaired) electrons. The van der Waals surface area contributed by atoms with Crippen LogP contribution in [0.15, 0.2) is 200 Å². The average Bonchev–Trinajstić information content (AvgIpc) is 3.80. The topological polar surface area (TPSA) is 21.1 Å². The molecule has 0 N–H and O–H groups in total. The number of rotatable bonds is 6. The van der Waals surface area contributed by atoms with Gasteiger partial charge in [0.2, 0.25) is 0 Å². The van der Waals surface area contributed by atoms with Crippen LogP contribution in [-0.4, -0.2) is 9.55 Å². The summed E-state index contributed by atoms with van der Waals surface area (Å²) in [6, 6.07) is 70.3. The molecule has 0 bridgehead atoms. The molecular formula is C51H33N3S. The van der Waals surface area contributed by atoms with Crippen LogP contribution < -0.4 is 4.90 Å². The van der Waals surface area contributed by atoms with Crippen LogP contribution in [0.5, 0.6) is 0 Å². The SMILES string of the molecule is c1ccc(N(c2ccc3ncccc3c2)c2ccccc2-c2cccc(-c3ccc4c(c3)c3ccccc3n4-c3cccc4sc5ccccc5c34)c2)cc1. The molecule has 0 spiro atoms. The number of fused-ring (bicyclic) bond motifs is 7. The number of anilines is 3. The number of thiophene rings is 1. The van der Waals surface area contributed by atoms with E-state index < -0.39 is 0 Å². The molecule has 0 aliphatic rings. The van der Waals surface area contributed by atoms with E-state index in [0.717, 1.165) is 39.1 Å². The van der Waals surface area contributed by atoms with Crippen molar-refractivity contribution in [3.05, 3.63) is 200 Å². The van der Waals surface area contributed by atoms with Gasteiger partial charge in [0.1, 0.15) is 0 Å². The number of hydrogen-bond acceptors (Lipinski definition) is 3. The van der Waals surface area contributed by atoms with Crippen LogP contribution in [0.25, 0.3) is 80.8 Å². The minimum Gasteiger partial charge on any atom is -0.310 e. The molecule has 4 heteroatoms. The fourth-order valence-electron chi connectivity index (χ4n) is 8.34. The highest BCUT2D eigenvalue weighted by molar-refractivity contribution is 7.25. The van der Waals surface area contributed by atoms with E-state index in [1.54, 1.807) is 0 Å². The van der Waals surface area contributed by atoms with Gasteiger partial charge in [0.05, 0.1) is 27.9 Å². The predicted octanol–water partition coefficient (Wildman–Crippen LogP) is 14.5. The van der Waals surface area contributed by atoms with E-state index in [4.69, 9.17) is 0 Å². The third-order valence-electron chi connectivity index (χ3n) is 10.8. The van der Waals surface area contributed by atoms with Crippen molar-refractivity contribution in [2.45, 2.75) is 0 Å². The van der Waals surface area contributed by atoms with E-state index in [0.29, 0.717) is 0 Å². The summed E-state index contributed by atoms with van der Waals surface area (Å²) in [5.74, 6) is 0. The minimum atomic E-state index is 0.984. The molecule has 0 unspecified atom stereocenters. The van der Waals surface area contributed by atoms with Crippen LogP contribution in [0.2, 0.25) is 0 Å². The zero-order valence-electron chi connectivity index (χ0n) is 29.8. The summed E-state index contributed by atoms with van der Waals surface area (Å²) >= 11 is 1.86. The summed E-state index contributed by atoms with van der Waals surface area (Å²) in [6.07, 6.45) is 1.85. The first-order chi connectivity index (χ1) is 27.3. The molecule has 258 valence electrons. The Morgan fingerprint density at radius 3 is 2.15 bits per heavy atom. The van der Waals surface area contributed by atoms with Crippen molar-refractivity contribution in [2.75, 3.05) is 4.90 Å². The van der Waals surface area contributed by atoms with E-state index in [1.807, 2.05) is 23.6 Å². The van der Waals surface area contributed by atoms with Crippen LogP contribution in [-0.2, 0) is 0 Å². The molecule has 11 rings (SSSR count). The number of aromatic nitrogens is 2. The van der Waals surface area contributed by atoms with Gasteiger partial charge >= 0.3 is 0 Å². The summed E-state index contributed by atoms with van der Waals surface area (Å²) < 4.78 is 5.08. The second kappa shape index (κ2) is 12.8. The molecule has 3 heterocycles. The van der Waals surface area contributed by atoms with Crippen molar-refractivity contribution < 1.29 is 0 Å². The number of benzene rings is 8.